The van der Waals surface area contributed by atoms with Crippen LogP contribution in [0.2, 0.25) is 0 Å². The van der Waals surface area contributed by atoms with E-state index in [0.29, 0.717) is 11.3 Å². The van der Waals surface area contributed by atoms with Crippen LogP contribution in [0.1, 0.15) is 37.7 Å². The summed E-state index contributed by atoms with van der Waals surface area (Å²) in [4.78, 5) is 0. The highest BCUT2D eigenvalue weighted by Gasteiger charge is 2.13. The molecule has 0 amide bonds. The summed E-state index contributed by atoms with van der Waals surface area (Å²) >= 11 is 0. The van der Waals surface area contributed by atoms with Crippen molar-refractivity contribution in [3.63, 3.8) is 0 Å². The lowest BCUT2D eigenvalue weighted by molar-refractivity contribution is 0.373. The molecule has 3 nitrogen and oxygen atoms in total. The fourth-order valence-electron chi connectivity index (χ4n) is 2.44. The molecule has 3 heteroatoms. The standard InChI is InChI=1S/C14H19N3/c15-9-12-6-7-14(13(16)8-12)17-10-11-4-2-1-3-5-11/h6-8,11,17H,1-5,10,16H2. The maximum Gasteiger partial charge on any atom is 0.0992 e. The predicted octanol–water partition coefficient (Wildman–Crippen LogP) is 3.13. The molecule has 17 heavy (non-hydrogen) atoms. The van der Waals surface area contributed by atoms with E-state index in [1.807, 2.05) is 6.07 Å². The van der Waals surface area contributed by atoms with Gasteiger partial charge in [-0.15, -0.1) is 0 Å². The molecule has 0 saturated heterocycles. The minimum absolute atomic E-state index is 0.616. The number of benzene rings is 1. The summed E-state index contributed by atoms with van der Waals surface area (Å²) in [6.45, 7) is 0.996. The zero-order valence-corrected chi connectivity index (χ0v) is 10.1. The van der Waals surface area contributed by atoms with Gasteiger partial charge in [0.05, 0.1) is 23.0 Å². The van der Waals surface area contributed by atoms with E-state index in [0.717, 1.165) is 18.2 Å². The Hall–Kier alpha value is -1.69. The highest BCUT2D eigenvalue weighted by molar-refractivity contribution is 5.68. The fourth-order valence-corrected chi connectivity index (χ4v) is 2.44. The van der Waals surface area contributed by atoms with Gasteiger partial charge in [-0.2, -0.15) is 5.26 Å². The highest BCUT2D eigenvalue weighted by atomic mass is 14.9. The number of hydrogen-bond acceptors (Lipinski definition) is 3. The second kappa shape index (κ2) is 5.58. The minimum Gasteiger partial charge on any atom is -0.397 e. The molecule has 2 rings (SSSR count). The lowest BCUT2D eigenvalue weighted by Gasteiger charge is -2.22. The molecule has 0 aliphatic heterocycles. The largest absolute Gasteiger partial charge is 0.397 e. The number of nitrogens with zero attached hydrogens (tertiary/aromatic N) is 1. The van der Waals surface area contributed by atoms with Gasteiger partial charge >= 0.3 is 0 Å². The van der Waals surface area contributed by atoms with Gasteiger partial charge in [-0.05, 0) is 37.0 Å². The second-order valence-corrected chi connectivity index (χ2v) is 4.80. The van der Waals surface area contributed by atoms with Crippen molar-refractivity contribution in [2.45, 2.75) is 32.1 Å². The van der Waals surface area contributed by atoms with Gasteiger partial charge < -0.3 is 11.1 Å². The van der Waals surface area contributed by atoms with Crippen molar-refractivity contribution in [3.05, 3.63) is 23.8 Å². The highest BCUT2D eigenvalue weighted by Crippen LogP contribution is 2.25. The summed E-state index contributed by atoms with van der Waals surface area (Å²) in [7, 11) is 0. The van der Waals surface area contributed by atoms with Crippen LogP contribution >= 0.6 is 0 Å². The number of nitrogen functional groups attached to an aromatic ring is 1. The van der Waals surface area contributed by atoms with Crippen LogP contribution in [0.4, 0.5) is 11.4 Å². The number of nitrogens with two attached hydrogens (primary N) is 1. The number of nitrogens with one attached hydrogen (secondary N) is 1. The van der Waals surface area contributed by atoms with E-state index in [9.17, 15) is 0 Å². The molecule has 0 heterocycles. The first-order valence-electron chi connectivity index (χ1n) is 6.33. The van der Waals surface area contributed by atoms with Crippen molar-refractivity contribution in [1.82, 2.24) is 0 Å². The summed E-state index contributed by atoms with van der Waals surface area (Å²) in [6, 6.07) is 7.52. The summed E-state index contributed by atoms with van der Waals surface area (Å²) in [5.41, 5.74) is 8.14. The third kappa shape index (κ3) is 3.13. The second-order valence-electron chi connectivity index (χ2n) is 4.80. The lowest BCUT2D eigenvalue weighted by Crippen LogP contribution is -2.17. The van der Waals surface area contributed by atoms with Crippen LogP contribution in [0.3, 0.4) is 0 Å². The van der Waals surface area contributed by atoms with E-state index < -0.39 is 0 Å². The average Bonchev–Trinajstić information content (AvgIpc) is 2.38. The van der Waals surface area contributed by atoms with E-state index in [1.165, 1.54) is 32.1 Å². The molecule has 3 N–H and O–H groups in total. The van der Waals surface area contributed by atoms with Crippen LogP contribution in [-0.2, 0) is 0 Å². The molecule has 1 saturated carbocycles. The molecule has 0 bridgehead atoms. The van der Waals surface area contributed by atoms with Gasteiger partial charge in [0, 0.05) is 6.54 Å². The summed E-state index contributed by atoms with van der Waals surface area (Å²) in [5, 5.41) is 12.2. The summed E-state index contributed by atoms with van der Waals surface area (Å²) in [6.07, 6.45) is 6.74. The molecule has 1 aliphatic rings. The van der Waals surface area contributed by atoms with Gasteiger partial charge in [-0.3, -0.25) is 0 Å². The van der Waals surface area contributed by atoms with Gasteiger partial charge in [-0.25, -0.2) is 0 Å². The molecule has 0 unspecified atom stereocenters. The Morgan fingerprint density at radius 1 is 1.29 bits per heavy atom. The minimum atomic E-state index is 0.616. The molecule has 0 aromatic heterocycles. The van der Waals surface area contributed by atoms with Crippen LogP contribution in [0, 0.1) is 17.2 Å². The molecule has 1 aromatic carbocycles. The molecule has 1 aromatic rings. The SMILES string of the molecule is N#Cc1ccc(NCC2CCCCC2)c(N)c1. The first-order chi connectivity index (χ1) is 8.29. The zero-order valence-electron chi connectivity index (χ0n) is 10.1. The van der Waals surface area contributed by atoms with Gasteiger partial charge in [0.2, 0.25) is 0 Å². The van der Waals surface area contributed by atoms with E-state index >= 15 is 0 Å². The molecule has 90 valence electrons. The summed E-state index contributed by atoms with van der Waals surface area (Å²) < 4.78 is 0. The molecule has 1 fully saturated rings. The molecular formula is C14H19N3. The number of rotatable bonds is 3. The van der Waals surface area contributed by atoms with Crippen molar-refractivity contribution >= 4 is 11.4 Å². The van der Waals surface area contributed by atoms with Crippen LogP contribution in [0.25, 0.3) is 0 Å². The van der Waals surface area contributed by atoms with Gasteiger partial charge in [0.25, 0.3) is 0 Å². The molecule has 0 spiro atoms. The Morgan fingerprint density at radius 3 is 2.71 bits per heavy atom. The maximum atomic E-state index is 8.76. The van der Waals surface area contributed by atoms with E-state index in [2.05, 4.69) is 11.4 Å². The van der Waals surface area contributed by atoms with Crippen LogP contribution in [0.15, 0.2) is 18.2 Å². The Morgan fingerprint density at radius 2 is 2.06 bits per heavy atom. The third-order valence-electron chi connectivity index (χ3n) is 3.49. The van der Waals surface area contributed by atoms with Crippen LogP contribution in [0.5, 0.6) is 0 Å². The normalized spacial score (nSPS) is 16.4. The van der Waals surface area contributed by atoms with Crippen molar-refractivity contribution in [3.8, 4) is 6.07 Å². The first kappa shape index (κ1) is 11.8. The van der Waals surface area contributed by atoms with Gasteiger partial charge in [0.15, 0.2) is 0 Å². The molecule has 1 aliphatic carbocycles. The van der Waals surface area contributed by atoms with Crippen molar-refractivity contribution < 1.29 is 0 Å². The van der Waals surface area contributed by atoms with Gasteiger partial charge in [0.1, 0.15) is 0 Å². The quantitative estimate of drug-likeness (QED) is 0.783. The number of nitriles is 1. The van der Waals surface area contributed by atoms with Crippen LogP contribution in [-0.4, -0.2) is 6.54 Å². The first-order valence-corrected chi connectivity index (χ1v) is 6.33. The van der Waals surface area contributed by atoms with E-state index in [-0.39, 0.29) is 0 Å². The smallest absolute Gasteiger partial charge is 0.0992 e. The zero-order chi connectivity index (χ0) is 12.1. The van der Waals surface area contributed by atoms with Crippen LogP contribution < -0.4 is 11.1 Å². The molecule has 0 radical (unpaired) electrons. The Labute approximate surface area is 103 Å². The maximum absolute atomic E-state index is 8.76. The Balaban J connectivity index is 1.92. The monoisotopic (exact) mass is 229 g/mol. The van der Waals surface area contributed by atoms with Crippen molar-refractivity contribution in [1.29, 1.82) is 5.26 Å². The Bertz CT molecular complexity index is 414. The van der Waals surface area contributed by atoms with Crippen molar-refractivity contribution in [2.24, 2.45) is 5.92 Å². The van der Waals surface area contributed by atoms with Crippen molar-refractivity contribution in [2.75, 3.05) is 17.6 Å². The predicted molar refractivity (Wildman–Crippen MR) is 70.6 cm³/mol. The van der Waals surface area contributed by atoms with Gasteiger partial charge in [-0.1, -0.05) is 19.3 Å². The van der Waals surface area contributed by atoms with E-state index in [4.69, 9.17) is 11.0 Å². The topological polar surface area (TPSA) is 61.8 Å². The summed E-state index contributed by atoms with van der Waals surface area (Å²) in [5.74, 6) is 0.777. The molecule has 0 atom stereocenters. The molecular weight excluding hydrogens is 210 g/mol. The fraction of sp³-hybridized carbons (Fsp3) is 0.500. The third-order valence-corrected chi connectivity index (χ3v) is 3.49. The lowest BCUT2D eigenvalue weighted by atomic mass is 9.89. The average molecular weight is 229 g/mol. The number of hydrogen-bond donors (Lipinski definition) is 2. The van der Waals surface area contributed by atoms with E-state index in [1.54, 1.807) is 12.1 Å². The Kier molecular flexibility index (Phi) is 3.87. The number of anilines is 2.